The van der Waals surface area contributed by atoms with Gasteiger partial charge >= 0.3 is 0 Å². The first kappa shape index (κ1) is 13.2. The summed E-state index contributed by atoms with van der Waals surface area (Å²) in [4.78, 5) is 0. The third-order valence-corrected chi connectivity index (χ3v) is 9.70. The Bertz CT molecular complexity index is 314. The number of hydrogen-bond donors (Lipinski definition) is 0. The van der Waals surface area contributed by atoms with Crippen LogP contribution in [-0.4, -0.2) is 8.07 Å². The molecular formula is C15H24Si. The summed E-state index contributed by atoms with van der Waals surface area (Å²) in [6.07, 6.45) is 0. The Labute approximate surface area is 101 Å². The van der Waals surface area contributed by atoms with E-state index < -0.39 is 8.07 Å². The number of rotatable bonds is 6. The molecule has 0 radical (unpaired) electrons. The summed E-state index contributed by atoms with van der Waals surface area (Å²) in [6.45, 7) is 11.4. The van der Waals surface area contributed by atoms with Crippen molar-refractivity contribution >= 4 is 13.6 Å². The van der Waals surface area contributed by atoms with Crippen LogP contribution in [0, 0.1) is 0 Å². The molecule has 0 bridgehead atoms. The van der Waals surface area contributed by atoms with Crippen LogP contribution in [0.25, 0.3) is 5.57 Å². The van der Waals surface area contributed by atoms with Gasteiger partial charge in [-0.25, -0.2) is 0 Å². The second-order valence-electron chi connectivity index (χ2n) is 4.71. The fraction of sp³-hybridized carbons (Fsp3) is 0.467. The predicted molar refractivity (Wildman–Crippen MR) is 77.5 cm³/mol. The van der Waals surface area contributed by atoms with Gasteiger partial charge < -0.3 is 0 Å². The molecule has 0 heterocycles. The van der Waals surface area contributed by atoms with Gasteiger partial charge in [0.1, 0.15) is 0 Å². The van der Waals surface area contributed by atoms with E-state index in [0.29, 0.717) is 0 Å². The van der Waals surface area contributed by atoms with Crippen LogP contribution in [-0.2, 0) is 0 Å². The van der Waals surface area contributed by atoms with Gasteiger partial charge in [-0.05, 0) is 11.6 Å². The minimum Gasteiger partial charge on any atom is -0.0955 e. The van der Waals surface area contributed by atoms with Gasteiger partial charge in [0.25, 0.3) is 0 Å². The maximum atomic E-state index is 4.29. The third kappa shape index (κ3) is 3.08. The standard InChI is InChI=1S/C15H24Si/c1-5-16(6-2,7-3)13-14(4)15-11-9-8-10-12-15/h8-12H,4-7,13H2,1-3H3. The first-order valence-electron chi connectivity index (χ1n) is 6.40. The van der Waals surface area contributed by atoms with Crippen LogP contribution < -0.4 is 0 Å². The van der Waals surface area contributed by atoms with Gasteiger partial charge in [0, 0.05) is 0 Å². The molecule has 1 heteroatoms. The van der Waals surface area contributed by atoms with Gasteiger partial charge in [0.2, 0.25) is 0 Å². The molecule has 0 atom stereocenters. The van der Waals surface area contributed by atoms with Gasteiger partial charge in [0.05, 0.1) is 8.07 Å². The molecule has 0 aliphatic heterocycles. The quantitative estimate of drug-likeness (QED) is 0.591. The summed E-state index contributed by atoms with van der Waals surface area (Å²) in [7, 11) is -1.06. The molecule has 16 heavy (non-hydrogen) atoms. The van der Waals surface area contributed by atoms with Crippen LogP contribution in [0.2, 0.25) is 24.2 Å². The topological polar surface area (TPSA) is 0 Å². The number of benzene rings is 1. The molecule has 0 aliphatic carbocycles. The third-order valence-electron chi connectivity index (χ3n) is 4.02. The fourth-order valence-corrected chi connectivity index (χ4v) is 5.71. The number of hydrogen-bond acceptors (Lipinski definition) is 0. The molecule has 0 amide bonds. The zero-order valence-electron chi connectivity index (χ0n) is 10.9. The van der Waals surface area contributed by atoms with E-state index >= 15 is 0 Å². The lowest BCUT2D eigenvalue weighted by molar-refractivity contribution is 1.15. The summed E-state index contributed by atoms with van der Waals surface area (Å²) in [5.41, 5.74) is 2.67. The maximum absolute atomic E-state index is 4.29. The monoisotopic (exact) mass is 232 g/mol. The normalized spacial score (nSPS) is 11.4. The summed E-state index contributed by atoms with van der Waals surface area (Å²) >= 11 is 0. The smallest absolute Gasteiger partial charge is 0.0571 e. The lowest BCUT2D eigenvalue weighted by Crippen LogP contribution is -2.31. The predicted octanol–water partition coefficient (Wildman–Crippen LogP) is 5.21. The van der Waals surface area contributed by atoms with Gasteiger partial charge in [-0.1, -0.05) is 81.4 Å². The van der Waals surface area contributed by atoms with Crippen molar-refractivity contribution in [2.24, 2.45) is 0 Å². The molecule has 0 unspecified atom stereocenters. The Morgan fingerprint density at radius 1 is 1.00 bits per heavy atom. The van der Waals surface area contributed by atoms with Crippen LogP contribution in [0.5, 0.6) is 0 Å². The van der Waals surface area contributed by atoms with Crippen molar-refractivity contribution in [2.75, 3.05) is 0 Å². The highest BCUT2D eigenvalue weighted by Gasteiger charge is 2.27. The molecule has 0 saturated heterocycles. The van der Waals surface area contributed by atoms with E-state index in [1.165, 1.54) is 35.3 Å². The van der Waals surface area contributed by atoms with Crippen molar-refractivity contribution in [3.05, 3.63) is 42.5 Å². The highest BCUT2D eigenvalue weighted by Crippen LogP contribution is 2.32. The maximum Gasteiger partial charge on any atom is 0.0571 e. The van der Waals surface area contributed by atoms with E-state index in [2.05, 4.69) is 57.7 Å². The molecule has 0 aliphatic rings. The largest absolute Gasteiger partial charge is 0.0955 e. The molecule has 88 valence electrons. The van der Waals surface area contributed by atoms with E-state index in [1.54, 1.807) is 0 Å². The Kier molecular flexibility index (Phi) is 5.00. The lowest BCUT2D eigenvalue weighted by atomic mass is 10.1. The van der Waals surface area contributed by atoms with Crippen molar-refractivity contribution in [3.8, 4) is 0 Å². The first-order chi connectivity index (χ1) is 7.67. The van der Waals surface area contributed by atoms with E-state index in [0.717, 1.165) is 0 Å². The SMILES string of the molecule is C=C(C[Si](CC)(CC)CC)c1ccccc1. The molecule has 0 fully saturated rings. The average molecular weight is 232 g/mol. The van der Waals surface area contributed by atoms with Gasteiger partial charge in [-0.15, -0.1) is 0 Å². The zero-order chi connectivity index (χ0) is 12.0. The van der Waals surface area contributed by atoms with E-state index in [9.17, 15) is 0 Å². The summed E-state index contributed by atoms with van der Waals surface area (Å²) < 4.78 is 0. The van der Waals surface area contributed by atoms with Crippen molar-refractivity contribution in [1.82, 2.24) is 0 Å². The second-order valence-corrected chi connectivity index (χ2v) is 10.2. The molecule has 0 aromatic heterocycles. The van der Waals surface area contributed by atoms with Crippen LogP contribution in [0.15, 0.2) is 36.9 Å². The Hall–Kier alpha value is -0.823. The van der Waals surface area contributed by atoms with Crippen molar-refractivity contribution in [3.63, 3.8) is 0 Å². The minimum absolute atomic E-state index is 1.06. The lowest BCUT2D eigenvalue weighted by Gasteiger charge is -2.29. The van der Waals surface area contributed by atoms with Crippen LogP contribution in [0.1, 0.15) is 26.3 Å². The average Bonchev–Trinajstić information content (AvgIpc) is 2.37. The van der Waals surface area contributed by atoms with E-state index in [1.807, 2.05) is 0 Å². The van der Waals surface area contributed by atoms with Crippen molar-refractivity contribution in [1.29, 1.82) is 0 Å². The Balaban J connectivity index is 2.77. The molecule has 0 saturated carbocycles. The molecule has 1 aromatic rings. The summed E-state index contributed by atoms with van der Waals surface area (Å²) in [6, 6.07) is 16.1. The molecule has 0 N–H and O–H groups in total. The van der Waals surface area contributed by atoms with Crippen LogP contribution >= 0.6 is 0 Å². The minimum atomic E-state index is -1.06. The first-order valence-corrected chi connectivity index (χ1v) is 9.23. The highest BCUT2D eigenvalue weighted by atomic mass is 28.3. The van der Waals surface area contributed by atoms with Crippen molar-refractivity contribution < 1.29 is 0 Å². The Morgan fingerprint density at radius 3 is 1.94 bits per heavy atom. The van der Waals surface area contributed by atoms with Crippen LogP contribution in [0.3, 0.4) is 0 Å². The summed E-state index contributed by atoms with van der Waals surface area (Å²) in [5.74, 6) is 0. The molecule has 0 spiro atoms. The fourth-order valence-electron chi connectivity index (χ4n) is 2.35. The highest BCUT2D eigenvalue weighted by molar-refractivity contribution is 6.81. The van der Waals surface area contributed by atoms with Gasteiger partial charge in [-0.2, -0.15) is 0 Å². The Morgan fingerprint density at radius 2 is 1.50 bits per heavy atom. The zero-order valence-corrected chi connectivity index (χ0v) is 11.9. The molecule has 0 nitrogen and oxygen atoms in total. The molecular weight excluding hydrogens is 208 g/mol. The van der Waals surface area contributed by atoms with Crippen LogP contribution in [0.4, 0.5) is 0 Å². The molecule has 1 aromatic carbocycles. The van der Waals surface area contributed by atoms with Gasteiger partial charge in [0.15, 0.2) is 0 Å². The number of allylic oxidation sites excluding steroid dienone is 1. The van der Waals surface area contributed by atoms with E-state index in [4.69, 9.17) is 0 Å². The second kappa shape index (κ2) is 6.05. The van der Waals surface area contributed by atoms with E-state index in [-0.39, 0.29) is 0 Å². The molecule has 1 rings (SSSR count). The van der Waals surface area contributed by atoms with Crippen molar-refractivity contribution in [2.45, 2.75) is 44.9 Å². The van der Waals surface area contributed by atoms with Gasteiger partial charge in [-0.3, -0.25) is 0 Å². The summed E-state index contributed by atoms with van der Waals surface area (Å²) in [5, 5.41) is 0.